The van der Waals surface area contributed by atoms with Crippen molar-refractivity contribution in [2.24, 2.45) is 5.92 Å². The number of morpholine rings is 1. The van der Waals surface area contributed by atoms with Crippen molar-refractivity contribution in [1.82, 2.24) is 9.88 Å². The Hall–Kier alpha value is -1.76. The Bertz CT molecular complexity index is 727. The molecule has 1 atom stereocenters. The van der Waals surface area contributed by atoms with E-state index in [4.69, 9.17) is 9.47 Å². The molecular formula is C20H26N2O3S. The van der Waals surface area contributed by atoms with Crippen LogP contribution >= 0.6 is 11.3 Å². The zero-order valence-electron chi connectivity index (χ0n) is 15.6. The van der Waals surface area contributed by atoms with Crippen molar-refractivity contribution < 1.29 is 14.3 Å². The Kier molecular flexibility index (Phi) is 6.40. The van der Waals surface area contributed by atoms with E-state index in [1.54, 1.807) is 5.38 Å². The van der Waals surface area contributed by atoms with Gasteiger partial charge in [-0.05, 0) is 12.8 Å². The SMILES string of the molecule is Cc1ccc(-c2nc(C(=O)OCC3CN(CC(C)C)CCO3)cs2)cc1. The summed E-state index contributed by atoms with van der Waals surface area (Å²) in [4.78, 5) is 19.1. The second-order valence-corrected chi connectivity index (χ2v) is 8.01. The number of aryl methyl sites for hydroxylation is 1. The minimum absolute atomic E-state index is 0.0679. The quantitative estimate of drug-likeness (QED) is 0.723. The number of aromatic nitrogens is 1. The van der Waals surface area contributed by atoms with Crippen LogP contribution in [-0.2, 0) is 9.47 Å². The summed E-state index contributed by atoms with van der Waals surface area (Å²) in [5.41, 5.74) is 2.57. The smallest absolute Gasteiger partial charge is 0.357 e. The summed E-state index contributed by atoms with van der Waals surface area (Å²) in [5.74, 6) is 0.232. The molecule has 6 heteroatoms. The molecule has 1 aliphatic heterocycles. The van der Waals surface area contributed by atoms with Crippen molar-refractivity contribution in [2.45, 2.75) is 26.9 Å². The number of hydrogen-bond acceptors (Lipinski definition) is 6. The minimum atomic E-state index is -0.385. The molecule has 0 saturated carbocycles. The van der Waals surface area contributed by atoms with Crippen molar-refractivity contribution in [3.8, 4) is 10.6 Å². The van der Waals surface area contributed by atoms with E-state index in [0.29, 0.717) is 18.2 Å². The van der Waals surface area contributed by atoms with Crippen LogP contribution in [-0.4, -0.2) is 54.8 Å². The van der Waals surface area contributed by atoms with Crippen LogP contribution in [0.4, 0.5) is 0 Å². The number of hydrogen-bond donors (Lipinski definition) is 0. The first-order valence-corrected chi connectivity index (χ1v) is 9.93. The zero-order chi connectivity index (χ0) is 18.5. The van der Waals surface area contributed by atoms with Crippen LogP contribution in [0, 0.1) is 12.8 Å². The van der Waals surface area contributed by atoms with Crippen LogP contribution in [0.5, 0.6) is 0 Å². The maximum atomic E-state index is 12.3. The Labute approximate surface area is 159 Å². The molecule has 2 heterocycles. The molecule has 1 fully saturated rings. The van der Waals surface area contributed by atoms with E-state index < -0.39 is 0 Å². The molecule has 1 aliphatic rings. The third-order valence-corrected chi connectivity index (χ3v) is 5.15. The predicted molar refractivity (Wildman–Crippen MR) is 104 cm³/mol. The van der Waals surface area contributed by atoms with Crippen molar-refractivity contribution >= 4 is 17.3 Å². The fraction of sp³-hybridized carbons (Fsp3) is 0.500. The van der Waals surface area contributed by atoms with Gasteiger partial charge in [-0.25, -0.2) is 9.78 Å². The predicted octanol–water partition coefficient (Wildman–Crippen LogP) is 3.63. The van der Waals surface area contributed by atoms with Gasteiger partial charge in [-0.15, -0.1) is 11.3 Å². The largest absolute Gasteiger partial charge is 0.458 e. The number of thiazole rings is 1. The maximum Gasteiger partial charge on any atom is 0.357 e. The lowest BCUT2D eigenvalue weighted by Gasteiger charge is -2.33. The van der Waals surface area contributed by atoms with E-state index in [1.165, 1.54) is 16.9 Å². The van der Waals surface area contributed by atoms with Crippen LogP contribution in [0.25, 0.3) is 10.6 Å². The first kappa shape index (κ1) is 19.0. The first-order chi connectivity index (χ1) is 12.5. The summed E-state index contributed by atoms with van der Waals surface area (Å²) in [7, 11) is 0. The molecule has 26 heavy (non-hydrogen) atoms. The van der Waals surface area contributed by atoms with Gasteiger partial charge in [-0.2, -0.15) is 0 Å². The highest BCUT2D eigenvalue weighted by Gasteiger charge is 2.23. The van der Waals surface area contributed by atoms with Gasteiger partial charge in [0.25, 0.3) is 0 Å². The summed E-state index contributed by atoms with van der Waals surface area (Å²) >= 11 is 1.45. The molecule has 0 radical (unpaired) electrons. The van der Waals surface area contributed by atoms with Crippen LogP contribution < -0.4 is 0 Å². The van der Waals surface area contributed by atoms with E-state index in [-0.39, 0.29) is 18.7 Å². The lowest BCUT2D eigenvalue weighted by molar-refractivity contribution is -0.0613. The second kappa shape index (κ2) is 8.75. The molecular weight excluding hydrogens is 348 g/mol. The molecule has 1 unspecified atom stereocenters. The van der Waals surface area contributed by atoms with Gasteiger partial charge in [0.05, 0.1) is 6.61 Å². The molecule has 5 nitrogen and oxygen atoms in total. The topological polar surface area (TPSA) is 51.7 Å². The molecule has 3 rings (SSSR count). The molecule has 140 valence electrons. The highest BCUT2D eigenvalue weighted by molar-refractivity contribution is 7.13. The van der Waals surface area contributed by atoms with E-state index >= 15 is 0 Å². The van der Waals surface area contributed by atoms with E-state index in [1.807, 2.05) is 31.2 Å². The number of esters is 1. The first-order valence-electron chi connectivity index (χ1n) is 9.05. The standard InChI is InChI=1S/C20H26N2O3S/c1-14(2)10-22-8-9-24-17(11-22)12-25-20(23)18-13-26-19(21-18)16-6-4-15(3)5-7-16/h4-7,13-14,17H,8-12H2,1-3H3. The van der Waals surface area contributed by atoms with Crippen LogP contribution in [0.2, 0.25) is 0 Å². The van der Waals surface area contributed by atoms with Gasteiger partial charge in [-0.3, -0.25) is 4.90 Å². The Balaban J connectivity index is 1.53. The van der Waals surface area contributed by atoms with E-state index in [9.17, 15) is 4.79 Å². The number of rotatable bonds is 6. The fourth-order valence-electron chi connectivity index (χ4n) is 3.00. The number of carbonyl (C=O) groups is 1. The van der Waals surface area contributed by atoms with Crippen molar-refractivity contribution in [3.63, 3.8) is 0 Å². The van der Waals surface area contributed by atoms with Crippen molar-refractivity contribution in [3.05, 3.63) is 40.9 Å². The zero-order valence-corrected chi connectivity index (χ0v) is 16.4. The van der Waals surface area contributed by atoms with Gasteiger partial charge in [0.15, 0.2) is 5.69 Å². The summed E-state index contributed by atoms with van der Waals surface area (Å²) in [6, 6.07) is 8.11. The van der Waals surface area contributed by atoms with Gasteiger partial charge >= 0.3 is 5.97 Å². The monoisotopic (exact) mass is 374 g/mol. The average Bonchev–Trinajstić information content (AvgIpc) is 3.10. The fourth-order valence-corrected chi connectivity index (χ4v) is 3.80. The molecule has 0 bridgehead atoms. The lowest BCUT2D eigenvalue weighted by atomic mass is 10.2. The Morgan fingerprint density at radius 2 is 2.15 bits per heavy atom. The van der Waals surface area contributed by atoms with Gasteiger partial charge in [0.2, 0.25) is 0 Å². The molecule has 0 spiro atoms. The van der Waals surface area contributed by atoms with Crippen LogP contribution in [0.1, 0.15) is 29.9 Å². The number of benzene rings is 1. The number of carbonyl (C=O) groups excluding carboxylic acids is 1. The van der Waals surface area contributed by atoms with Crippen molar-refractivity contribution in [2.75, 3.05) is 32.8 Å². The van der Waals surface area contributed by atoms with Crippen LogP contribution in [0.3, 0.4) is 0 Å². The van der Waals surface area contributed by atoms with Gasteiger partial charge < -0.3 is 9.47 Å². The van der Waals surface area contributed by atoms with E-state index in [2.05, 4.69) is 23.7 Å². The Morgan fingerprint density at radius 3 is 2.88 bits per heavy atom. The summed E-state index contributed by atoms with van der Waals surface area (Å²) < 4.78 is 11.2. The van der Waals surface area contributed by atoms with E-state index in [0.717, 1.165) is 30.2 Å². The summed E-state index contributed by atoms with van der Waals surface area (Å²) in [6.45, 7) is 10.2. The summed E-state index contributed by atoms with van der Waals surface area (Å²) in [5, 5.41) is 2.58. The maximum absolute atomic E-state index is 12.3. The van der Waals surface area contributed by atoms with Crippen molar-refractivity contribution in [1.29, 1.82) is 0 Å². The second-order valence-electron chi connectivity index (χ2n) is 7.15. The van der Waals surface area contributed by atoms with Gasteiger partial charge in [-0.1, -0.05) is 43.7 Å². The highest BCUT2D eigenvalue weighted by atomic mass is 32.1. The third kappa shape index (κ3) is 5.13. The van der Waals surface area contributed by atoms with Crippen LogP contribution in [0.15, 0.2) is 29.6 Å². The van der Waals surface area contributed by atoms with Gasteiger partial charge in [0.1, 0.15) is 17.7 Å². The highest BCUT2D eigenvalue weighted by Crippen LogP contribution is 2.24. The summed E-state index contributed by atoms with van der Waals surface area (Å²) in [6.07, 6.45) is -0.0679. The number of ether oxygens (including phenoxy) is 2. The molecule has 0 aliphatic carbocycles. The lowest BCUT2D eigenvalue weighted by Crippen LogP contribution is -2.45. The Morgan fingerprint density at radius 1 is 1.38 bits per heavy atom. The minimum Gasteiger partial charge on any atom is -0.458 e. The molecule has 0 N–H and O–H groups in total. The normalized spacial score (nSPS) is 18.2. The average molecular weight is 375 g/mol. The molecule has 1 saturated heterocycles. The molecule has 2 aromatic rings. The third-order valence-electron chi connectivity index (χ3n) is 4.26. The molecule has 1 aromatic carbocycles. The number of nitrogens with zero attached hydrogens (tertiary/aromatic N) is 2. The molecule has 1 aromatic heterocycles. The van der Waals surface area contributed by atoms with Gasteiger partial charge in [0, 0.05) is 30.6 Å². The molecule has 0 amide bonds.